The fraction of sp³-hybridized carbons (Fsp3) is 0.545. The molecule has 0 aliphatic rings. The number of carboxylic acids is 1. The molecule has 1 aromatic rings. The molecule has 0 aliphatic heterocycles. The van der Waals surface area contributed by atoms with E-state index in [2.05, 4.69) is 9.97 Å². The van der Waals surface area contributed by atoms with Gasteiger partial charge in [-0.25, -0.2) is 0 Å². The first kappa shape index (κ1) is 13.2. The molecule has 0 aliphatic carbocycles. The largest absolute Gasteiger partial charge is 0.481 e. The van der Waals surface area contributed by atoms with Crippen molar-refractivity contribution in [3.63, 3.8) is 0 Å². The lowest BCUT2D eigenvalue weighted by molar-refractivity contribution is -0.136. The third kappa shape index (κ3) is 3.90. The van der Waals surface area contributed by atoms with E-state index in [1.807, 2.05) is 18.7 Å². The van der Waals surface area contributed by atoms with Crippen molar-refractivity contribution in [3.05, 3.63) is 12.4 Å². The quantitative estimate of drug-likeness (QED) is 0.803. The van der Waals surface area contributed by atoms with Crippen molar-refractivity contribution < 1.29 is 14.6 Å². The van der Waals surface area contributed by atoms with Crippen LogP contribution in [0.25, 0.3) is 0 Å². The molecule has 0 aromatic carbocycles. The van der Waals surface area contributed by atoms with Crippen LogP contribution in [0.1, 0.15) is 20.3 Å². The molecule has 1 heterocycles. The van der Waals surface area contributed by atoms with Gasteiger partial charge in [0.1, 0.15) is 0 Å². The van der Waals surface area contributed by atoms with Crippen LogP contribution in [0.15, 0.2) is 12.4 Å². The minimum absolute atomic E-state index is 0.0665. The number of carbonyl (C=O) groups is 1. The highest BCUT2D eigenvalue weighted by atomic mass is 16.5. The number of aliphatic carboxylic acids is 1. The Morgan fingerprint density at radius 1 is 1.53 bits per heavy atom. The maximum atomic E-state index is 10.6. The standard InChI is InChI=1S/C11H17N3O3/c1-8(2)14(5-4-11(15)16)9-6-12-7-10(13-9)17-3/h6-8H,4-5H2,1-3H3,(H,15,16). The molecule has 94 valence electrons. The molecule has 0 fully saturated rings. The van der Waals surface area contributed by atoms with Gasteiger partial charge in [-0.05, 0) is 13.8 Å². The number of ether oxygens (including phenoxy) is 1. The Kier molecular flexibility index (Phi) is 4.68. The average molecular weight is 239 g/mol. The fourth-order valence-corrected chi connectivity index (χ4v) is 1.43. The van der Waals surface area contributed by atoms with Crippen LogP contribution in [0.3, 0.4) is 0 Å². The number of carboxylic acid groups (broad SMARTS) is 1. The topological polar surface area (TPSA) is 75.5 Å². The Balaban J connectivity index is 2.84. The summed E-state index contributed by atoms with van der Waals surface area (Å²) in [6.07, 6.45) is 3.18. The van der Waals surface area contributed by atoms with Crippen molar-refractivity contribution in [3.8, 4) is 5.88 Å². The van der Waals surface area contributed by atoms with Crippen LogP contribution in [0, 0.1) is 0 Å². The van der Waals surface area contributed by atoms with E-state index >= 15 is 0 Å². The molecule has 17 heavy (non-hydrogen) atoms. The van der Waals surface area contributed by atoms with Gasteiger partial charge in [-0.15, -0.1) is 0 Å². The molecule has 6 nitrogen and oxygen atoms in total. The van der Waals surface area contributed by atoms with E-state index in [-0.39, 0.29) is 12.5 Å². The first-order valence-electron chi connectivity index (χ1n) is 5.39. The summed E-state index contributed by atoms with van der Waals surface area (Å²) in [6.45, 7) is 4.35. The Bertz CT molecular complexity index is 382. The van der Waals surface area contributed by atoms with Gasteiger partial charge in [-0.3, -0.25) is 9.78 Å². The van der Waals surface area contributed by atoms with Crippen molar-refractivity contribution in [2.24, 2.45) is 0 Å². The Labute approximate surface area is 100 Å². The van der Waals surface area contributed by atoms with E-state index in [0.717, 1.165) is 0 Å². The second kappa shape index (κ2) is 6.03. The molecule has 1 aromatic heterocycles. The summed E-state index contributed by atoms with van der Waals surface area (Å²) in [5.74, 6) is 0.218. The highest BCUT2D eigenvalue weighted by molar-refractivity contribution is 5.67. The molecular formula is C11H17N3O3. The highest BCUT2D eigenvalue weighted by Gasteiger charge is 2.14. The van der Waals surface area contributed by atoms with Gasteiger partial charge in [-0.1, -0.05) is 0 Å². The van der Waals surface area contributed by atoms with E-state index in [0.29, 0.717) is 18.2 Å². The summed E-state index contributed by atoms with van der Waals surface area (Å²) in [6, 6.07) is 0.149. The Morgan fingerprint density at radius 3 is 2.76 bits per heavy atom. The van der Waals surface area contributed by atoms with Crippen LogP contribution in [0.4, 0.5) is 5.82 Å². The zero-order chi connectivity index (χ0) is 12.8. The van der Waals surface area contributed by atoms with E-state index < -0.39 is 5.97 Å². The van der Waals surface area contributed by atoms with Gasteiger partial charge in [0.15, 0.2) is 5.82 Å². The van der Waals surface area contributed by atoms with Gasteiger partial charge < -0.3 is 14.7 Å². The fourth-order valence-electron chi connectivity index (χ4n) is 1.43. The third-order valence-corrected chi connectivity index (χ3v) is 2.29. The smallest absolute Gasteiger partial charge is 0.305 e. The van der Waals surface area contributed by atoms with E-state index in [1.54, 1.807) is 6.20 Å². The molecule has 6 heteroatoms. The predicted octanol–water partition coefficient (Wildman–Crippen LogP) is 1.17. The van der Waals surface area contributed by atoms with Gasteiger partial charge in [0.25, 0.3) is 0 Å². The Hall–Kier alpha value is -1.85. The molecule has 0 saturated carbocycles. The van der Waals surface area contributed by atoms with Gasteiger partial charge in [0, 0.05) is 12.6 Å². The average Bonchev–Trinajstić information content (AvgIpc) is 2.28. The third-order valence-electron chi connectivity index (χ3n) is 2.29. The molecular weight excluding hydrogens is 222 g/mol. The predicted molar refractivity (Wildman–Crippen MR) is 63.3 cm³/mol. The first-order valence-corrected chi connectivity index (χ1v) is 5.39. The molecule has 0 amide bonds. The summed E-state index contributed by atoms with van der Waals surface area (Å²) in [5, 5.41) is 8.70. The van der Waals surface area contributed by atoms with Crippen molar-refractivity contribution in [1.82, 2.24) is 9.97 Å². The number of nitrogens with zero attached hydrogens (tertiary/aromatic N) is 3. The van der Waals surface area contributed by atoms with Crippen LogP contribution in [-0.4, -0.2) is 40.7 Å². The SMILES string of the molecule is COc1cncc(N(CCC(=O)O)C(C)C)n1. The maximum absolute atomic E-state index is 10.6. The van der Waals surface area contributed by atoms with Gasteiger partial charge in [0.2, 0.25) is 5.88 Å². The van der Waals surface area contributed by atoms with Crippen LogP contribution in [-0.2, 0) is 4.79 Å². The number of anilines is 1. The normalized spacial score (nSPS) is 10.4. The molecule has 1 rings (SSSR count). The van der Waals surface area contributed by atoms with Crippen molar-refractivity contribution in [1.29, 1.82) is 0 Å². The lowest BCUT2D eigenvalue weighted by atomic mass is 10.3. The molecule has 0 atom stereocenters. The van der Waals surface area contributed by atoms with Crippen LogP contribution in [0.2, 0.25) is 0 Å². The van der Waals surface area contributed by atoms with Gasteiger partial charge >= 0.3 is 5.97 Å². The zero-order valence-electron chi connectivity index (χ0n) is 10.3. The molecule has 0 radical (unpaired) electrons. The summed E-state index contributed by atoms with van der Waals surface area (Å²) in [5.41, 5.74) is 0. The molecule has 1 N–H and O–H groups in total. The first-order chi connectivity index (χ1) is 8.04. The summed E-state index contributed by atoms with van der Waals surface area (Å²) in [4.78, 5) is 20.7. The van der Waals surface area contributed by atoms with Crippen LogP contribution >= 0.6 is 0 Å². The van der Waals surface area contributed by atoms with Crippen molar-refractivity contribution in [2.75, 3.05) is 18.6 Å². The van der Waals surface area contributed by atoms with Crippen LogP contribution in [0.5, 0.6) is 5.88 Å². The highest BCUT2D eigenvalue weighted by Crippen LogP contribution is 2.16. The summed E-state index contributed by atoms with van der Waals surface area (Å²) in [7, 11) is 1.52. The molecule has 0 saturated heterocycles. The number of hydrogen-bond donors (Lipinski definition) is 1. The maximum Gasteiger partial charge on any atom is 0.305 e. The molecule has 0 spiro atoms. The number of hydrogen-bond acceptors (Lipinski definition) is 5. The van der Waals surface area contributed by atoms with Crippen molar-refractivity contribution in [2.45, 2.75) is 26.3 Å². The van der Waals surface area contributed by atoms with Gasteiger partial charge in [0.05, 0.1) is 25.9 Å². The minimum Gasteiger partial charge on any atom is -0.481 e. The lowest BCUT2D eigenvalue weighted by Gasteiger charge is -2.26. The van der Waals surface area contributed by atoms with Gasteiger partial charge in [-0.2, -0.15) is 4.98 Å². The van der Waals surface area contributed by atoms with E-state index in [9.17, 15) is 4.79 Å². The minimum atomic E-state index is -0.827. The molecule has 0 bridgehead atoms. The van der Waals surface area contributed by atoms with Crippen molar-refractivity contribution >= 4 is 11.8 Å². The Morgan fingerprint density at radius 2 is 2.24 bits per heavy atom. The number of methoxy groups -OCH3 is 1. The number of aromatic nitrogens is 2. The zero-order valence-corrected chi connectivity index (χ0v) is 10.3. The van der Waals surface area contributed by atoms with Crippen LogP contribution < -0.4 is 9.64 Å². The second-order valence-electron chi connectivity index (χ2n) is 3.85. The second-order valence-corrected chi connectivity index (χ2v) is 3.85. The summed E-state index contributed by atoms with van der Waals surface area (Å²) >= 11 is 0. The lowest BCUT2D eigenvalue weighted by Crippen LogP contribution is -2.33. The monoisotopic (exact) mass is 239 g/mol. The summed E-state index contributed by atoms with van der Waals surface area (Å²) < 4.78 is 4.99. The number of rotatable bonds is 6. The van der Waals surface area contributed by atoms with E-state index in [4.69, 9.17) is 9.84 Å². The molecule has 0 unspecified atom stereocenters. The van der Waals surface area contributed by atoms with E-state index in [1.165, 1.54) is 13.3 Å².